The summed E-state index contributed by atoms with van der Waals surface area (Å²) in [5, 5.41) is 8.62. The molecule has 8 nitrogen and oxygen atoms in total. The van der Waals surface area contributed by atoms with Crippen molar-refractivity contribution in [3.05, 3.63) is 0 Å². The molecule has 0 radical (unpaired) electrons. The van der Waals surface area contributed by atoms with Crippen LogP contribution in [0.1, 0.15) is 27.2 Å². The Kier molecular flexibility index (Phi) is 8.45. The number of ether oxygens (including phenoxy) is 1. The van der Waals surface area contributed by atoms with Crippen LogP contribution in [0.5, 0.6) is 0 Å². The number of esters is 1. The van der Waals surface area contributed by atoms with E-state index in [2.05, 4.69) is 0 Å². The molecule has 0 atom stereocenters. The van der Waals surface area contributed by atoms with E-state index in [1.54, 1.807) is 6.92 Å². The third-order valence-electron chi connectivity index (χ3n) is 2.54. The van der Waals surface area contributed by atoms with Gasteiger partial charge in [-0.3, -0.25) is 9.59 Å². The van der Waals surface area contributed by atoms with Gasteiger partial charge in [-0.25, -0.2) is 0 Å². The Labute approximate surface area is 125 Å². The van der Waals surface area contributed by atoms with Crippen LogP contribution < -0.4 is 0 Å². The monoisotopic (exact) mass is 324 g/mol. The van der Waals surface area contributed by atoms with Gasteiger partial charge in [0, 0.05) is 20.1 Å². The summed E-state index contributed by atoms with van der Waals surface area (Å²) < 4.78 is 31.5. The van der Waals surface area contributed by atoms with Gasteiger partial charge in [-0.2, -0.15) is 17.0 Å². The Morgan fingerprint density at radius 2 is 1.86 bits per heavy atom. The summed E-state index contributed by atoms with van der Waals surface area (Å²) in [6, 6.07) is 0. The Morgan fingerprint density at radius 3 is 2.29 bits per heavy atom. The van der Waals surface area contributed by atoms with Crippen molar-refractivity contribution >= 4 is 22.1 Å². The number of carboxylic acids is 1. The summed E-state index contributed by atoms with van der Waals surface area (Å²) in [4.78, 5) is 22.1. The third-order valence-corrected chi connectivity index (χ3v) is 4.44. The lowest BCUT2D eigenvalue weighted by atomic mass is 10.2. The zero-order valence-electron chi connectivity index (χ0n) is 12.9. The molecule has 0 rings (SSSR count). The molecule has 124 valence electrons. The highest BCUT2D eigenvalue weighted by atomic mass is 32.2. The average molecular weight is 324 g/mol. The molecule has 0 saturated heterocycles. The topological polar surface area (TPSA) is 104 Å². The predicted octanol–water partition coefficient (Wildman–Crippen LogP) is 0.159. The second-order valence-electron chi connectivity index (χ2n) is 4.96. The van der Waals surface area contributed by atoms with E-state index in [9.17, 15) is 18.0 Å². The molecule has 0 saturated carbocycles. The SMILES string of the molecule is CCOC(=O)CN(CC(C)C)S(=O)(=O)N(C)CCC(=O)O. The van der Waals surface area contributed by atoms with Gasteiger partial charge < -0.3 is 9.84 Å². The minimum atomic E-state index is -3.90. The van der Waals surface area contributed by atoms with Crippen molar-refractivity contribution in [3.8, 4) is 0 Å². The lowest BCUT2D eigenvalue weighted by Gasteiger charge is -2.27. The first-order valence-electron chi connectivity index (χ1n) is 6.70. The fourth-order valence-electron chi connectivity index (χ4n) is 1.56. The first kappa shape index (κ1) is 19.8. The van der Waals surface area contributed by atoms with Gasteiger partial charge in [0.05, 0.1) is 13.0 Å². The Balaban J connectivity index is 5.00. The highest BCUT2D eigenvalue weighted by Gasteiger charge is 2.30. The van der Waals surface area contributed by atoms with E-state index >= 15 is 0 Å². The van der Waals surface area contributed by atoms with Gasteiger partial charge in [-0.15, -0.1) is 0 Å². The van der Waals surface area contributed by atoms with Crippen LogP contribution in [0.2, 0.25) is 0 Å². The standard InChI is InChI=1S/C12H24N2O6S/c1-5-20-12(17)9-14(8-10(2)3)21(18,19)13(4)7-6-11(15)16/h10H,5-9H2,1-4H3,(H,15,16). The summed E-state index contributed by atoms with van der Waals surface area (Å²) >= 11 is 0. The van der Waals surface area contributed by atoms with E-state index in [0.717, 1.165) is 8.61 Å². The second-order valence-corrected chi connectivity index (χ2v) is 7.00. The number of carbonyl (C=O) groups excluding carboxylic acids is 1. The first-order chi connectivity index (χ1) is 9.61. The quantitative estimate of drug-likeness (QED) is 0.574. The maximum atomic E-state index is 12.4. The molecule has 0 spiro atoms. The van der Waals surface area contributed by atoms with E-state index in [0.29, 0.717) is 0 Å². The number of nitrogens with zero attached hydrogens (tertiary/aromatic N) is 2. The number of rotatable bonds is 10. The lowest BCUT2D eigenvalue weighted by Crippen LogP contribution is -2.46. The van der Waals surface area contributed by atoms with Crippen molar-refractivity contribution < 1.29 is 27.9 Å². The average Bonchev–Trinajstić information content (AvgIpc) is 2.34. The zero-order chi connectivity index (χ0) is 16.6. The fraction of sp³-hybridized carbons (Fsp3) is 0.833. The molecule has 9 heteroatoms. The van der Waals surface area contributed by atoms with Gasteiger partial charge >= 0.3 is 11.9 Å². The molecule has 0 aliphatic carbocycles. The predicted molar refractivity (Wildman–Crippen MR) is 76.8 cm³/mol. The molecule has 0 fully saturated rings. The van der Waals surface area contributed by atoms with Crippen molar-refractivity contribution in [1.29, 1.82) is 0 Å². The molecule has 0 aromatic carbocycles. The Morgan fingerprint density at radius 1 is 1.29 bits per heavy atom. The molecule has 0 amide bonds. The second kappa shape index (κ2) is 8.96. The van der Waals surface area contributed by atoms with Gasteiger partial charge in [0.2, 0.25) is 0 Å². The summed E-state index contributed by atoms with van der Waals surface area (Å²) in [6.45, 7) is 5.07. The van der Waals surface area contributed by atoms with Crippen molar-refractivity contribution in [2.24, 2.45) is 5.92 Å². The largest absolute Gasteiger partial charge is 0.481 e. The highest BCUT2D eigenvalue weighted by molar-refractivity contribution is 7.86. The van der Waals surface area contributed by atoms with E-state index < -0.39 is 22.1 Å². The van der Waals surface area contributed by atoms with Crippen LogP contribution in [0.25, 0.3) is 0 Å². The molecule has 21 heavy (non-hydrogen) atoms. The number of hydrogen-bond donors (Lipinski definition) is 1. The fourth-order valence-corrected chi connectivity index (χ4v) is 3.04. The van der Waals surface area contributed by atoms with Gasteiger partial charge in [0.1, 0.15) is 6.54 Å². The Hall–Kier alpha value is -1.19. The van der Waals surface area contributed by atoms with Crippen molar-refractivity contribution in [2.45, 2.75) is 27.2 Å². The first-order valence-corrected chi connectivity index (χ1v) is 8.09. The minimum absolute atomic E-state index is 0.0158. The van der Waals surface area contributed by atoms with Gasteiger partial charge in [0.25, 0.3) is 10.2 Å². The third kappa shape index (κ3) is 7.39. The molecule has 0 heterocycles. The number of hydrogen-bond acceptors (Lipinski definition) is 5. The van der Waals surface area contributed by atoms with Crippen LogP contribution in [0.3, 0.4) is 0 Å². The zero-order valence-corrected chi connectivity index (χ0v) is 13.7. The highest BCUT2D eigenvalue weighted by Crippen LogP contribution is 2.10. The van der Waals surface area contributed by atoms with Crippen molar-refractivity contribution in [3.63, 3.8) is 0 Å². The molecule has 0 unspecified atom stereocenters. The molecular weight excluding hydrogens is 300 g/mol. The maximum absolute atomic E-state index is 12.4. The van der Waals surface area contributed by atoms with Crippen LogP contribution in [-0.4, -0.2) is 67.4 Å². The lowest BCUT2D eigenvalue weighted by molar-refractivity contribution is -0.143. The van der Waals surface area contributed by atoms with Crippen LogP contribution in [0, 0.1) is 5.92 Å². The molecule has 0 bridgehead atoms. The summed E-state index contributed by atoms with van der Waals surface area (Å²) in [5.74, 6) is -1.70. The van der Waals surface area contributed by atoms with Crippen molar-refractivity contribution in [1.82, 2.24) is 8.61 Å². The van der Waals surface area contributed by atoms with Gasteiger partial charge in [0.15, 0.2) is 0 Å². The smallest absolute Gasteiger partial charge is 0.321 e. The Bertz CT molecular complexity index is 449. The summed E-state index contributed by atoms with van der Waals surface area (Å²) in [6.07, 6.45) is -0.301. The molecule has 0 aromatic rings. The van der Waals surface area contributed by atoms with Crippen molar-refractivity contribution in [2.75, 3.05) is 33.3 Å². The van der Waals surface area contributed by atoms with E-state index in [4.69, 9.17) is 9.84 Å². The number of carbonyl (C=O) groups is 2. The molecule has 0 aliphatic rings. The van der Waals surface area contributed by atoms with Gasteiger partial charge in [-0.1, -0.05) is 13.8 Å². The number of carboxylic acid groups (broad SMARTS) is 1. The van der Waals surface area contributed by atoms with E-state index in [1.165, 1.54) is 7.05 Å². The van der Waals surface area contributed by atoms with Crippen LogP contribution in [-0.2, 0) is 24.5 Å². The van der Waals surface area contributed by atoms with Crippen LogP contribution in [0.15, 0.2) is 0 Å². The maximum Gasteiger partial charge on any atom is 0.321 e. The van der Waals surface area contributed by atoms with Crippen LogP contribution in [0.4, 0.5) is 0 Å². The summed E-state index contributed by atoms with van der Waals surface area (Å²) in [7, 11) is -2.61. The summed E-state index contributed by atoms with van der Waals surface area (Å²) in [5.41, 5.74) is 0. The van der Waals surface area contributed by atoms with E-state index in [-0.39, 0.29) is 38.6 Å². The molecular formula is C12H24N2O6S. The molecule has 1 N–H and O–H groups in total. The minimum Gasteiger partial charge on any atom is -0.481 e. The molecule has 0 aromatic heterocycles. The number of aliphatic carboxylic acids is 1. The van der Waals surface area contributed by atoms with E-state index in [1.807, 2.05) is 13.8 Å². The molecule has 0 aliphatic heterocycles. The normalized spacial score (nSPS) is 12.1. The van der Waals surface area contributed by atoms with Crippen LogP contribution >= 0.6 is 0 Å². The van der Waals surface area contributed by atoms with Gasteiger partial charge in [-0.05, 0) is 12.8 Å².